The second-order valence-corrected chi connectivity index (χ2v) is 6.91. The van der Waals surface area contributed by atoms with Gasteiger partial charge in [-0.3, -0.25) is 4.79 Å². The van der Waals surface area contributed by atoms with Gasteiger partial charge >= 0.3 is 0 Å². The van der Waals surface area contributed by atoms with Crippen LogP contribution in [0.3, 0.4) is 0 Å². The molecule has 1 amide bonds. The van der Waals surface area contributed by atoms with E-state index < -0.39 is 0 Å². The minimum atomic E-state index is -0.148. The maximum absolute atomic E-state index is 12.4. The maximum Gasteiger partial charge on any atom is 0.227 e. The molecule has 0 aliphatic rings. The summed E-state index contributed by atoms with van der Waals surface area (Å²) in [5.74, 6) is 1.95. The van der Waals surface area contributed by atoms with E-state index in [1.54, 1.807) is 11.8 Å². The van der Waals surface area contributed by atoms with Crippen molar-refractivity contribution < 1.29 is 9.90 Å². The van der Waals surface area contributed by atoms with Crippen LogP contribution in [0.2, 0.25) is 5.02 Å². The average Bonchev–Trinajstić information content (AvgIpc) is 2.44. The number of thioether (sulfide) groups is 1. The number of hydrogen-bond acceptors (Lipinski definition) is 3. The van der Waals surface area contributed by atoms with Gasteiger partial charge in [0.2, 0.25) is 5.91 Å². The first-order valence-electron chi connectivity index (χ1n) is 7.28. The van der Waals surface area contributed by atoms with Crippen LogP contribution in [0.15, 0.2) is 24.3 Å². The Morgan fingerprint density at radius 3 is 2.52 bits per heavy atom. The molecule has 1 aromatic carbocycles. The van der Waals surface area contributed by atoms with Gasteiger partial charge in [-0.2, -0.15) is 11.8 Å². The number of aliphatic hydroxyl groups excluding tert-OH is 1. The number of carbonyl (C=O) groups is 1. The van der Waals surface area contributed by atoms with Gasteiger partial charge in [0.15, 0.2) is 0 Å². The highest BCUT2D eigenvalue weighted by Crippen LogP contribution is 2.25. The van der Waals surface area contributed by atoms with E-state index in [0.717, 1.165) is 23.5 Å². The molecule has 0 spiro atoms. The number of benzene rings is 1. The number of hydrogen-bond donors (Lipinski definition) is 2. The summed E-state index contributed by atoms with van der Waals surface area (Å²) >= 11 is 7.64. The van der Waals surface area contributed by atoms with E-state index in [-0.39, 0.29) is 24.3 Å². The van der Waals surface area contributed by atoms with E-state index in [4.69, 9.17) is 16.7 Å². The van der Waals surface area contributed by atoms with Gasteiger partial charge in [-0.25, -0.2) is 0 Å². The zero-order valence-electron chi connectivity index (χ0n) is 12.6. The van der Waals surface area contributed by atoms with Crippen molar-refractivity contribution in [1.29, 1.82) is 0 Å². The molecule has 2 N–H and O–H groups in total. The lowest BCUT2D eigenvalue weighted by atomic mass is 9.87. The van der Waals surface area contributed by atoms with Crippen LogP contribution in [0, 0.1) is 5.92 Å². The van der Waals surface area contributed by atoms with E-state index in [0.29, 0.717) is 11.6 Å². The molecule has 0 aromatic heterocycles. The largest absolute Gasteiger partial charge is 0.396 e. The Hall–Kier alpha value is -0.710. The van der Waals surface area contributed by atoms with E-state index in [9.17, 15) is 4.79 Å². The van der Waals surface area contributed by atoms with Gasteiger partial charge < -0.3 is 10.4 Å². The molecule has 5 heteroatoms. The van der Waals surface area contributed by atoms with Gasteiger partial charge in [-0.1, -0.05) is 37.6 Å². The summed E-state index contributed by atoms with van der Waals surface area (Å²) in [5.41, 5.74) is 1.000. The summed E-state index contributed by atoms with van der Waals surface area (Å²) in [7, 11) is 0. The predicted octanol–water partition coefficient (Wildman–Crippen LogP) is 3.31. The van der Waals surface area contributed by atoms with Crippen LogP contribution in [-0.4, -0.2) is 35.7 Å². The monoisotopic (exact) mass is 329 g/mol. The van der Waals surface area contributed by atoms with Crippen LogP contribution in [0.4, 0.5) is 0 Å². The molecular formula is C16H24ClNO2S. The average molecular weight is 330 g/mol. The van der Waals surface area contributed by atoms with Gasteiger partial charge in [0.1, 0.15) is 0 Å². The standard InChI is InChI=1S/C16H24ClNO2S/c1-12(2)15(13-4-6-14(17)7-5-13)16(20)18-8-11-21-10-3-9-19/h4-7,12,15,19H,3,8-11H2,1-2H3,(H,18,20). The van der Waals surface area contributed by atoms with E-state index >= 15 is 0 Å². The highest BCUT2D eigenvalue weighted by Gasteiger charge is 2.23. The van der Waals surface area contributed by atoms with E-state index in [1.165, 1.54) is 0 Å². The van der Waals surface area contributed by atoms with Crippen LogP contribution in [0.25, 0.3) is 0 Å². The lowest BCUT2D eigenvalue weighted by molar-refractivity contribution is -0.123. The molecule has 0 aliphatic carbocycles. The normalized spacial score (nSPS) is 12.4. The maximum atomic E-state index is 12.4. The van der Waals surface area contributed by atoms with Crippen molar-refractivity contribution in [2.24, 2.45) is 5.92 Å². The van der Waals surface area contributed by atoms with E-state index in [1.807, 2.05) is 24.3 Å². The smallest absolute Gasteiger partial charge is 0.227 e. The Bertz CT molecular complexity index is 423. The van der Waals surface area contributed by atoms with Crippen molar-refractivity contribution in [2.45, 2.75) is 26.2 Å². The Morgan fingerprint density at radius 2 is 1.95 bits per heavy atom. The quantitative estimate of drug-likeness (QED) is 0.683. The number of halogens is 1. The molecule has 1 atom stereocenters. The third kappa shape index (κ3) is 6.72. The Balaban J connectivity index is 2.49. The van der Waals surface area contributed by atoms with Crippen molar-refractivity contribution in [1.82, 2.24) is 5.32 Å². The minimum Gasteiger partial charge on any atom is -0.396 e. The fourth-order valence-corrected chi connectivity index (χ4v) is 3.04. The van der Waals surface area contributed by atoms with Crippen molar-refractivity contribution >= 4 is 29.3 Å². The van der Waals surface area contributed by atoms with Crippen LogP contribution < -0.4 is 5.32 Å². The summed E-state index contributed by atoms with van der Waals surface area (Å²) in [6, 6.07) is 7.49. The van der Waals surface area contributed by atoms with Crippen molar-refractivity contribution in [3.8, 4) is 0 Å². The van der Waals surface area contributed by atoms with Crippen LogP contribution in [0.5, 0.6) is 0 Å². The lowest BCUT2D eigenvalue weighted by Gasteiger charge is -2.20. The number of aliphatic hydroxyl groups is 1. The Labute approximate surface area is 136 Å². The first kappa shape index (κ1) is 18.3. The van der Waals surface area contributed by atoms with Gasteiger partial charge in [0, 0.05) is 23.9 Å². The van der Waals surface area contributed by atoms with Crippen molar-refractivity contribution in [2.75, 3.05) is 24.7 Å². The highest BCUT2D eigenvalue weighted by molar-refractivity contribution is 7.99. The topological polar surface area (TPSA) is 49.3 Å². The summed E-state index contributed by atoms with van der Waals surface area (Å²) < 4.78 is 0. The molecule has 0 bridgehead atoms. The summed E-state index contributed by atoms with van der Waals surface area (Å²) in [6.07, 6.45) is 0.804. The van der Waals surface area contributed by atoms with Gasteiger partial charge in [0.25, 0.3) is 0 Å². The summed E-state index contributed by atoms with van der Waals surface area (Å²) in [5, 5.41) is 12.4. The molecule has 0 fully saturated rings. The second kappa shape index (κ2) is 10.1. The third-order valence-electron chi connectivity index (χ3n) is 3.17. The molecule has 1 unspecified atom stereocenters. The summed E-state index contributed by atoms with van der Waals surface area (Å²) in [4.78, 5) is 12.4. The molecule has 118 valence electrons. The SMILES string of the molecule is CC(C)C(C(=O)NCCSCCCO)c1ccc(Cl)cc1. The lowest BCUT2D eigenvalue weighted by Crippen LogP contribution is -2.33. The number of carbonyl (C=O) groups excluding carboxylic acids is 1. The molecule has 1 aromatic rings. The summed E-state index contributed by atoms with van der Waals surface area (Å²) in [6.45, 7) is 4.99. The van der Waals surface area contributed by atoms with Gasteiger partial charge in [-0.15, -0.1) is 0 Å². The minimum absolute atomic E-state index is 0.0649. The zero-order valence-corrected chi connectivity index (χ0v) is 14.2. The predicted molar refractivity (Wildman–Crippen MR) is 91.1 cm³/mol. The Kier molecular flexibility index (Phi) is 8.81. The van der Waals surface area contributed by atoms with Gasteiger partial charge in [0.05, 0.1) is 5.92 Å². The number of amides is 1. The molecule has 0 aliphatic heterocycles. The number of rotatable bonds is 9. The molecule has 1 rings (SSSR count). The molecular weight excluding hydrogens is 306 g/mol. The molecule has 0 heterocycles. The fourth-order valence-electron chi connectivity index (χ4n) is 2.13. The van der Waals surface area contributed by atoms with Crippen LogP contribution in [-0.2, 0) is 4.79 Å². The molecule has 21 heavy (non-hydrogen) atoms. The van der Waals surface area contributed by atoms with Crippen molar-refractivity contribution in [3.05, 3.63) is 34.9 Å². The molecule has 3 nitrogen and oxygen atoms in total. The highest BCUT2D eigenvalue weighted by atomic mass is 35.5. The van der Waals surface area contributed by atoms with Crippen LogP contribution >= 0.6 is 23.4 Å². The molecule has 0 saturated heterocycles. The first-order valence-corrected chi connectivity index (χ1v) is 8.81. The molecule has 0 saturated carbocycles. The first-order chi connectivity index (χ1) is 10.1. The van der Waals surface area contributed by atoms with E-state index in [2.05, 4.69) is 19.2 Å². The van der Waals surface area contributed by atoms with Gasteiger partial charge in [-0.05, 0) is 35.8 Å². The third-order valence-corrected chi connectivity index (χ3v) is 4.49. The molecule has 0 radical (unpaired) electrons. The fraction of sp³-hybridized carbons (Fsp3) is 0.562. The Morgan fingerprint density at radius 1 is 1.29 bits per heavy atom. The number of nitrogens with one attached hydrogen (secondary N) is 1. The zero-order chi connectivity index (χ0) is 15.7. The van der Waals surface area contributed by atoms with Crippen molar-refractivity contribution in [3.63, 3.8) is 0 Å². The second-order valence-electron chi connectivity index (χ2n) is 5.25. The van der Waals surface area contributed by atoms with Crippen LogP contribution in [0.1, 0.15) is 31.7 Å².